The second kappa shape index (κ2) is 8.57. The van der Waals surface area contributed by atoms with E-state index in [4.69, 9.17) is 11.6 Å². The molecule has 5 nitrogen and oxygen atoms in total. The lowest BCUT2D eigenvalue weighted by atomic mass is 9.95. The molecule has 0 bridgehead atoms. The highest BCUT2D eigenvalue weighted by Crippen LogP contribution is 2.41. The molecular weight excluding hydrogens is 432 g/mol. The Morgan fingerprint density at radius 1 is 1.06 bits per heavy atom. The van der Waals surface area contributed by atoms with Crippen LogP contribution in [0.3, 0.4) is 0 Å². The summed E-state index contributed by atoms with van der Waals surface area (Å²) in [5, 5.41) is 13.5. The van der Waals surface area contributed by atoms with Crippen molar-refractivity contribution in [2.45, 2.75) is 12.6 Å². The van der Waals surface area contributed by atoms with E-state index in [9.17, 15) is 14.7 Å². The zero-order chi connectivity index (χ0) is 22.1. The van der Waals surface area contributed by atoms with Crippen molar-refractivity contribution < 1.29 is 14.7 Å². The predicted octanol–water partition coefficient (Wildman–Crippen LogP) is 5.09. The van der Waals surface area contributed by atoms with E-state index < -0.39 is 17.7 Å². The smallest absolute Gasteiger partial charge is 0.295 e. The summed E-state index contributed by atoms with van der Waals surface area (Å²) in [4.78, 5) is 30.5. The molecule has 3 aromatic rings. The fourth-order valence-corrected chi connectivity index (χ4v) is 4.51. The number of likely N-dealkylation sites (tertiary alicyclic amines) is 1. The number of nitrogens with zero attached hydrogens (tertiary/aromatic N) is 2. The standard InChI is InChI=1S/C24H21ClN2O3S/c1-26(2)18-11-7-15(8-12-18)21-20(22(28)16-5-9-17(25)10-6-16)23(29)24(30)27(21)14-19-4-3-13-31-19/h3-13,21,28H,14H2,1-2H3/b22-20+. The normalized spacial score (nSPS) is 17.9. The van der Waals surface area contributed by atoms with Crippen LogP contribution < -0.4 is 4.90 Å². The number of Topliss-reactive ketones (excluding diaryl/α,β-unsaturated/α-hetero) is 1. The van der Waals surface area contributed by atoms with Gasteiger partial charge in [0.25, 0.3) is 11.7 Å². The van der Waals surface area contributed by atoms with Gasteiger partial charge in [0.15, 0.2) is 0 Å². The Labute approximate surface area is 189 Å². The number of hydrogen-bond acceptors (Lipinski definition) is 5. The Balaban J connectivity index is 1.84. The number of amides is 1. The van der Waals surface area contributed by atoms with E-state index in [1.54, 1.807) is 24.3 Å². The molecule has 0 aliphatic carbocycles. The second-order valence-corrected chi connectivity index (χ2v) is 8.97. The highest BCUT2D eigenvalue weighted by atomic mass is 35.5. The summed E-state index contributed by atoms with van der Waals surface area (Å²) in [6, 6.07) is 17.3. The van der Waals surface area contributed by atoms with Gasteiger partial charge in [0.2, 0.25) is 0 Å². The zero-order valence-corrected chi connectivity index (χ0v) is 18.7. The Kier molecular flexibility index (Phi) is 5.85. The van der Waals surface area contributed by atoms with Gasteiger partial charge in [-0.3, -0.25) is 9.59 Å². The fraction of sp³-hybridized carbons (Fsp3) is 0.167. The Bertz CT molecular complexity index is 1140. The second-order valence-electron chi connectivity index (χ2n) is 7.50. The zero-order valence-electron chi connectivity index (χ0n) is 17.1. The molecule has 7 heteroatoms. The molecule has 1 aliphatic rings. The van der Waals surface area contributed by atoms with Crippen molar-refractivity contribution in [3.8, 4) is 0 Å². The van der Waals surface area contributed by atoms with Crippen LogP contribution in [0.5, 0.6) is 0 Å². The van der Waals surface area contributed by atoms with Crippen LogP contribution in [0, 0.1) is 0 Å². The number of anilines is 1. The Hall–Kier alpha value is -3.09. The molecule has 4 rings (SSSR count). The van der Waals surface area contributed by atoms with Crippen molar-refractivity contribution in [3.05, 3.63) is 92.6 Å². The highest BCUT2D eigenvalue weighted by molar-refractivity contribution is 7.09. The highest BCUT2D eigenvalue weighted by Gasteiger charge is 2.46. The van der Waals surface area contributed by atoms with E-state index in [2.05, 4.69) is 0 Å². The molecular formula is C24H21ClN2O3S. The van der Waals surface area contributed by atoms with Gasteiger partial charge in [-0.05, 0) is 53.4 Å². The quantitative estimate of drug-likeness (QED) is 0.333. The lowest BCUT2D eigenvalue weighted by molar-refractivity contribution is -0.140. The van der Waals surface area contributed by atoms with Crippen molar-refractivity contribution in [3.63, 3.8) is 0 Å². The molecule has 0 radical (unpaired) electrons. The van der Waals surface area contributed by atoms with Crippen molar-refractivity contribution in [2.24, 2.45) is 0 Å². The van der Waals surface area contributed by atoms with Gasteiger partial charge >= 0.3 is 0 Å². The molecule has 1 fully saturated rings. The first-order chi connectivity index (χ1) is 14.9. The molecule has 1 aliphatic heterocycles. The van der Waals surface area contributed by atoms with E-state index in [1.807, 2.05) is 60.8 Å². The van der Waals surface area contributed by atoms with Gasteiger partial charge in [0.1, 0.15) is 5.76 Å². The van der Waals surface area contributed by atoms with Gasteiger partial charge < -0.3 is 14.9 Å². The maximum Gasteiger partial charge on any atom is 0.295 e. The fourth-order valence-electron chi connectivity index (χ4n) is 3.68. The van der Waals surface area contributed by atoms with Gasteiger partial charge in [-0.15, -0.1) is 11.3 Å². The van der Waals surface area contributed by atoms with Crippen LogP contribution in [0.15, 0.2) is 71.6 Å². The number of benzene rings is 2. The molecule has 0 spiro atoms. The number of halogens is 1. The number of aliphatic hydroxyl groups excluding tert-OH is 1. The van der Waals surface area contributed by atoms with Crippen LogP contribution in [0.25, 0.3) is 5.76 Å². The van der Waals surface area contributed by atoms with Gasteiger partial charge in [-0.25, -0.2) is 0 Å². The molecule has 1 amide bonds. The molecule has 1 aromatic heterocycles. The first kappa shape index (κ1) is 21.2. The average molecular weight is 453 g/mol. The minimum absolute atomic E-state index is 0.0847. The van der Waals surface area contributed by atoms with Crippen molar-refractivity contribution in [2.75, 3.05) is 19.0 Å². The summed E-state index contributed by atoms with van der Waals surface area (Å²) in [5.41, 5.74) is 2.28. The van der Waals surface area contributed by atoms with E-state index in [0.29, 0.717) is 17.1 Å². The van der Waals surface area contributed by atoms with Crippen molar-refractivity contribution in [1.29, 1.82) is 0 Å². The largest absolute Gasteiger partial charge is 0.507 e. The van der Waals surface area contributed by atoms with Crippen molar-refractivity contribution in [1.82, 2.24) is 4.90 Å². The summed E-state index contributed by atoms with van der Waals surface area (Å²) in [6.45, 7) is 0.291. The monoisotopic (exact) mass is 452 g/mol. The van der Waals surface area contributed by atoms with Crippen LogP contribution in [0.2, 0.25) is 5.02 Å². The summed E-state index contributed by atoms with van der Waals surface area (Å²) >= 11 is 7.48. The topological polar surface area (TPSA) is 60.9 Å². The summed E-state index contributed by atoms with van der Waals surface area (Å²) in [7, 11) is 3.89. The predicted molar refractivity (Wildman–Crippen MR) is 124 cm³/mol. The number of thiophene rings is 1. The molecule has 158 valence electrons. The van der Waals surface area contributed by atoms with Crippen LogP contribution in [0.1, 0.15) is 22.0 Å². The molecule has 1 atom stereocenters. The van der Waals surface area contributed by atoms with Gasteiger partial charge in [0.05, 0.1) is 18.2 Å². The minimum Gasteiger partial charge on any atom is -0.507 e. The molecule has 1 unspecified atom stereocenters. The minimum atomic E-state index is -0.689. The average Bonchev–Trinajstić information content (AvgIpc) is 3.36. The van der Waals surface area contributed by atoms with E-state index in [1.165, 1.54) is 16.2 Å². The maximum atomic E-state index is 13.0. The number of rotatable bonds is 5. The molecule has 1 saturated heterocycles. The number of carbonyl (C=O) groups excluding carboxylic acids is 2. The van der Waals surface area contributed by atoms with E-state index in [-0.39, 0.29) is 11.3 Å². The summed E-state index contributed by atoms with van der Waals surface area (Å²) in [6.07, 6.45) is 0. The number of carbonyl (C=O) groups is 2. The van der Waals surface area contributed by atoms with E-state index >= 15 is 0 Å². The molecule has 2 aromatic carbocycles. The van der Waals surface area contributed by atoms with Crippen LogP contribution in [-0.4, -0.2) is 35.8 Å². The lowest BCUT2D eigenvalue weighted by Gasteiger charge is -2.25. The molecule has 1 N–H and O–H groups in total. The SMILES string of the molecule is CN(C)c1ccc(C2/C(=C(\O)c3ccc(Cl)cc3)C(=O)C(=O)N2Cc2cccs2)cc1. The van der Waals surface area contributed by atoms with Crippen LogP contribution in [0.4, 0.5) is 5.69 Å². The van der Waals surface area contributed by atoms with Crippen LogP contribution >= 0.6 is 22.9 Å². The van der Waals surface area contributed by atoms with Gasteiger partial charge in [-0.1, -0.05) is 29.8 Å². The third-order valence-corrected chi connectivity index (χ3v) is 6.40. The number of hydrogen-bond donors (Lipinski definition) is 1. The van der Waals surface area contributed by atoms with Crippen LogP contribution in [-0.2, 0) is 16.1 Å². The third-order valence-electron chi connectivity index (χ3n) is 5.29. The first-order valence-corrected chi connectivity index (χ1v) is 11.0. The summed E-state index contributed by atoms with van der Waals surface area (Å²) in [5.74, 6) is -1.51. The first-order valence-electron chi connectivity index (χ1n) is 9.71. The van der Waals surface area contributed by atoms with Gasteiger partial charge in [-0.2, -0.15) is 0 Å². The number of ketones is 1. The third kappa shape index (κ3) is 4.09. The molecule has 31 heavy (non-hydrogen) atoms. The van der Waals surface area contributed by atoms with E-state index in [0.717, 1.165) is 16.1 Å². The lowest BCUT2D eigenvalue weighted by Crippen LogP contribution is -2.28. The molecule has 0 saturated carbocycles. The number of aliphatic hydroxyl groups is 1. The molecule has 2 heterocycles. The van der Waals surface area contributed by atoms with Crippen molar-refractivity contribution >= 4 is 46.1 Å². The maximum absolute atomic E-state index is 13.0. The summed E-state index contributed by atoms with van der Waals surface area (Å²) < 4.78 is 0. The Morgan fingerprint density at radius 2 is 1.74 bits per heavy atom. The Morgan fingerprint density at radius 3 is 2.32 bits per heavy atom. The van der Waals surface area contributed by atoms with Gasteiger partial charge in [0, 0.05) is 35.2 Å².